The van der Waals surface area contributed by atoms with Gasteiger partial charge < -0.3 is 15.2 Å². The van der Waals surface area contributed by atoms with Crippen LogP contribution in [0.2, 0.25) is 0 Å². The number of hydrogen-bond acceptors (Lipinski definition) is 6. The topological polar surface area (TPSA) is 139 Å². The van der Waals surface area contributed by atoms with Crippen LogP contribution in [0.25, 0.3) is 0 Å². The van der Waals surface area contributed by atoms with Crippen LogP contribution in [0.1, 0.15) is 46.1 Å². The van der Waals surface area contributed by atoms with E-state index in [1.54, 1.807) is 39.8 Å². The highest BCUT2D eigenvalue weighted by atomic mass is 32.2. The number of carboxylic acid groups (broad SMARTS) is 1. The molecule has 0 aliphatic rings. The number of sulfonamides is 1. The quantitative estimate of drug-likeness (QED) is 0.517. The molecule has 1 aromatic rings. The molecular weight excluding hydrogens is 400 g/mol. The van der Waals surface area contributed by atoms with E-state index >= 15 is 0 Å². The van der Waals surface area contributed by atoms with Crippen LogP contribution < -0.4 is 10.0 Å². The van der Waals surface area contributed by atoms with Crippen molar-refractivity contribution < 1.29 is 32.6 Å². The average Bonchev–Trinajstić information content (AvgIpc) is 2.59. The van der Waals surface area contributed by atoms with Crippen LogP contribution in [0.4, 0.5) is 4.79 Å². The van der Waals surface area contributed by atoms with Gasteiger partial charge in [0.1, 0.15) is 17.4 Å². The third-order valence-corrected chi connectivity index (χ3v) is 5.31. The minimum absolute atomic E-state index is 0.0206. The average molecular weight is 429 g/mol. The van der Waals surface area contributed by atoms with Crippen molar-refractivity contribution in [3.63, 3.8) is 0 Å². The number of carbonyl (C=O) groups is 3. The molecule has 1 amide bonds. The second-order valence-electron chi connectivity index (χ2n) is 7.39. The number of benzene rings is 1. The van der Waals surface area contributed by atoms with Gasteiger partial charge in [-0.15, -0.1) is 0 Å². The molecule has 1 rings (SSSR count). The second kappa shape index (κ2) is 10.4. The van der Waals surface area contributed by atoms with Crippen molar-refractivity contribution in [3.05, 3.63) is 29.8 Å². The van der Waals surface area contributed by atoms with Crippen LogP contribution in [0, 0.1) is 0 Å². The molecule has 3 N–H and O–H groups in total. The van der Waals surface area contributed by atoms with Crippen LogP contribution in [0.15, 0.2) is 29.2 Å². The van der Waals surface area contributed by atoms with Crippen LogP contribution in [0.5, 0.6) is 0 Å². The Balaban J connectivity index is 2.70. The van der Waals surface area contributed by atoms with Crippen molar-refractivity contribution in [2.24, 2.45) is 0 Å². The summed E-state index contributed by atoms with van der Waals surface area (Å²) in [6, 6.07) is 4.63. The Kier molecular flexibility index (Phi) is 8.78. The van der Waals surface area contributed by atoms with Gasteiger partial charge in [-0.3, -0.25) is 9.59 Å². The molecule has 0 unspecified atom stereocenters. The van der Waals surface area contributed by atoms with Crippen LogP contribution in [0.3, 0.4) is 0 Å². The van der Waals surface area contributed by atoms with Gasteiger partial charge in [0.25, 0.3) is 0 Å². The predicted octanol–water partition coefficient (Wildman–Crippen LogP) is 1.85. The Morgan fingerprint density at radius 1 is 1.17 bits per heavy atom. The molecule has 1 atom stereocenters. The molecule has 0 spiro atoms. The van der Waals surface area contributed by atoms with Crippen molar-refractivity contribution in [3.8, 4) is 0 Å². The van der Waals surface area contributed by atoms with Crippen LogP contribution >= 0.6 is 0 Å². The number of ether oxygens (including phenoxy) is 1. The lowest BCUT2D eigenvalue weighted by molar-refractivity contribution is -0.140. The van der Waals surface area contributed by atoms with E-state index in [0.717, 1.165) is 0 Å². The molecule has 0 saturated heterocycles. The molecule has 1 aromatic carbocycles. The summed E-state index contributed by atoms with van der Waals surface area (Å²) in [6.45, 7) is 6.81. The molecular formula is C19H28N2O7S. The van der Waals surface area contributed by atoms with Gasteiger partial charge in [-0.1, -0.05) is 25.1 Å². The highest BCUT2D eigenvalue weighted by Gasteiger charge is 2.28. The first-order chi connectivity index (χ1) is 13.4. The third-order valence-electron chi connectivity index (χ3n) is 3.74. The van der Waals surface area contributed by atoms with Gasteiger partial charge in [0.05, 0.1) is 4.90 Å². The minimum Gasteiger partial charge on any atom is -0.480 e. The predicted molar refractivity (Wildman–Crippen MR) is 106 cm³/mol. The standard InChI is InChI=1S/C19H28N2O7S/c1-5-13-8-6-7-9-16(13)29(26,27)21-15(17(23)24)12-14(22)10-11-20-18(25)28-19(2,3)4/h6-9,15,21H,5,10-12H2,1-4H3,(H,20,25)(H,23,24)/t15-/m0/s1. The summed E-state index contributed by atoms with van der Waals surface area (Å²) in [6.07, 6.45) is -0.948. The van der Waals surface area contributed by atoms with E-state index in [4.69, 9.17) is 4.74 Å². The summed E-state index contributed by atoms with van der Waals surface area (Å²) >= 11 is 0. The Labute approximate surface area is 170 Å². The maximum Gasteiger partial charge on any atom is 0.407 e. The number of aliphatic carboxylic acids is 1. The van der Waals surface area contributed by atoms with E-state index < -0.39 is 45.9 Å². The zero-order chi connectivity index (χ0) is 22.2. The Bertz CT molecular complexity index is 844. The monoisotopic (exact) mass is 428 g/mol. The van der Waals surface area contributed by atoms with E-state index in [9.17, 15) is 27.9 Å². The minimum atomic E-state index is -4.12. The number of alkyl carbamates (subject to hydrolysis) is 1. The fourth-order valence-corrected chi connectivity index (χ4v) is 3.94. The highest BCUT2D eigenvalue weighted by molar-refractivity contribution is 7.89. The van der Waals surface area contributed by atoms with E-state index in [-0.39, 0.29) is 17.9 Å². The molecule has 0 aliphatic carbocycles. The zero-order valence-electron chi connectivity index (χ0n) is 17.0. The maximum absolute atomic E-state index is 12.6. The van der Waals surface area contributed by atoms with Gasteiger partial charge >= 0.3 is 12.1 Å². The fraction of sp³-hybridized carbons (Fsp3) is 0.526. The second-order valence-corrected chi connectivity index (χ2v) is 9.08. The summed E-state index contributed by atoms with van der Waals surface area (Å²) in [5, 5.41) is 11.7. The van der Waals surface area contributed by atoms with Gasteiger partial charge in [0, 0.05) is 19.4 Å². The summed E-state index contributed by atoms with van der Waals surface area (Å²) in [5.74, 6) is -1.98. The van der Waals surface area contributed by atoms with Crippen molar-refractivity contribution in [1.82, 2.24) is 10.0 Å². The number of Topliss-reactive ketones (excluding diaryl/α,β-unsaturated/α-hetero) is 1. The van der Waals surface area contributed by atoms with Crippen molar-refractivity contribution >= 4 is 27.9 Å². The maximum atomic E-state index is 12.6. The number of carboxylic acids is 1. The normalized spacial score (nSPS) is 12.8. The molecule has 9 nitrogen and oxygen atoms in total. The molecule has 0 fully saturated rings. The summed E-state index contributed by atoms with van der Waals surface area (Å²) in [4.78, 5) is 35.1. The lowest BCUT2D eigenvalue weighted by Crippen LogP contribution is -2.42. The van der Waals surface area contributed by atoms with Gasteiger partial charge in [-0.2, -0.15) is 4.72 Å². The van der Waals surface area contributed by atoms with E-state index in [0.29, 0.717) is 12.0 Å². The summed E-state index contributed by atoms with van der Waals surface area (Å²) in [7, 11) is -4.12. The summed E-state index contributed by atoms with van der Waals surface area (Å²) < 4.78 is 32.3. The Morgan fingerprint density at radius 2 is 1.79 bits per heavy atom. The van der Waals surface area contributed by atoms with Crippen molar-refractivity contribution in [2.45, 2.75) is 63.5 Å². The van der Waals surface area contributed by atoms with Gasteiger partial charge in [0.2, 0.25) is 10.0 Å². The van der Waals surface area contributed by atoms with Gasteiger partial charge in [0.15, 0.2) is 0 Å². The smallest absolute Gasteiger partial charge is 0.407 e. The molecule has 0 aromatic heterocycles. The number of aryl methyl sites for hydroxylation is 1. The molecule has 162 valence electrons. The third kappa shape index (κ3) is 8.61. The van der Waals surface area contributed by atoms with Gasteiger partial charge in [-0.25, -0.2) is 13.2 Å². The van der Waals surface area contributed by atoms with E-state index in [2.05, 4.69) is 10.0 Å². The molecule has 29 heavy (non-hydrogen) atoms. The highest BCUT2D eigenvalue weighted by Crippen LogP contribution is 2.17. The fourth-order valence-electron chi connectivity index (χ4n) is 2.44. The first-order valence-corrected chi connectivity index (χ1v) is 10.7. The van der Waals surface area contributed by atoms with Crippen LogP contribution in [-0.4, -0.2) is 49.6 Å². The van der Waals surface area contributed by atoms with Crippen molar-refractivity contribution in [1.29, 1.82) is 0 Å². The number of rotatable bonds is 10. The lowest BCUT2D eigenvalue weighted by atomic mass is 10.1. The lowest BCUT2D eigenvalue weighted by Gasteiger charge is -2.19. The molecule has 0 radical (unpaired) electrons. The molecule has 0 bridgehead atoms. The van der Waals surface area contributed by atoms with E-state index in [1.165, 1.54) is 12.1 Å². The number of amides is 1. The summed E-state index contributed by atoms with van der Waals surface area (Å²) in [5.41, 5.74) is -0.146. The first-order valence-electron chi connectivity index (χ1n) is 9.17. The Morgan fingerprint density at radius 3 is 2.34 bits per heavy atom. The van der Waals surface area contributed by atoms with Crippen LogP contribution in [-0.2, 0) is 30.8 Å². The molecule has 0 saturated carbocycles. The van der Waals surface area contributed by atoms with Gasteiger partial charge in [-0.05, 0) is 38.8 Å². The van der Waals surface area contributed by atoms with Crippen molar-refractivity contribution in [2.75, 3.05) is 6.54 Å². The SMILES string of the molecule is CCc1ccccc1S(=O)(=O)N[C@@H](CC(=O)CCNC(=O)OC(C)(C)C)C(=O)O. The largest absolute Gasteiger partial charge is 0.480 e. The number of ketones is 1. The number of nitrogens with one attached hydrogen (secondary N) is 2. The number of hydrogen-bond donors (Lipinski definition) is 3. The first kappa shape index (κ1) is 24.6. The van der Waals surface area contributed by atoms with E-state index in [1.807, 2.05) is 0 Å². The Hall–Kier alpha value is -2.46. The zero-order valence-corrected chi connectivity index (χ0v) is 17.8. The molecule has 0 heterocycles. The molecule has 0 aliphatic heterocycles. The number of carbonyl (C=O) groups excluding carboxylic acids is 2. The molecule has 10 heteroatoms.